The SMILES string of the molecule is CC[C@@H]1/C=C(\C)C[C@H](C)C[C@H](OC)[C@H]2O[C@@](O)(C(=O)C(=O)N3CCCC[C@H]3C(=O)O[C@H](/C(C)=C/[C@@H]3CC[C@@H](O[Si](C)(C)C(C)(C)C)[C@H](OC)C3)[C@H](C)C(CC(=O)OC)C=C1O[Si](C)(C)C(C)(C)C)[C@H](C)C[C@@H]2OC. The number of ketones is 1. The Kier molecular flexibility index (Phi) is 22.7. The molecule has 3 heterocycles. The van der Waals surface area contributed by atoms with Crippen LogP contribution in [0.15, 0.2) is 35.1 Å². The van der Waals surface area contributed by atoms with Gasteiger partial charge in [0.1, 0.15) is 18.2 Å². The Morgan fingerprint density at radius 1 is 0.838 bits per heavy atom. The molecule has 14 atom stereocenters. The van der Waals surface area contributed by atoms with Crippen LogP contribution in [0.25, 0.3) is 0 Å². The fourth-order valence-electron chi connectivity index (χ4n) is 11.1. The molecule has 424 valence electrons. The third kappa shape index (κ3) is 15.5. The Bertz CT molecular complexity index is 2000. The van der Waals surface area contributed by atoms with Crippen molar-refractivity contribution in [3.05, 3.63) is 35.1 Å². The van der Waals surface area contributed by atoms with Crippen LogP contribution < -0.4 is 0 Å². The summed E-state index contributed by atoms with van der Waals surface area (Å²) in [5, 5.41) is 12.2. The summed E-state index contributed by atoms with van der Waals surface area (Å²) in [4.78, 5) is 59.4. The molecule has 0 aromatic carbocycles. The summed E-state index contributed by atoms with van der Waals surface area (Å²) in [5.41, 5.74) is 1.93. The molecule has 0 aromatic heterocycles. The number of carbonyl (C=O) groups is 4. The second-order valence-electron chi connectivity index (χ2n) is 25.6. The van der Waals surface area contributed by atoms with Gasteiger partial charge in [-0.05, 0) is 144 Å². The molecule has 4 rings (SSSR count). The molecule has 0 radical (unpaired) electrons. The summed E-state index contributed by atoms with van der Waals surface area (Å²) in [6.45, 7) is 34.5. The Hall–Kier alpha value is -2.71. The van der Waals surface area contributed by atoms with Gasteiger partial charge >= 0.3 is 11.9 Å². The van der Waals surface area contributed by atoms with E-state index < -0.39 is 94.3 Å². The zero-order valence-corrected chi connectivity index (χ0v) is 51.5. The van der Waals surface area contributed by atoms with Crippen LogP contribution in [-0.4, -0.2) is 134 Å². The molecule has 0 spiro atoms. The molecule has 3 fully saturated rings. The maximum absolute atomic E-state index is 15.1. The molecule has 1 amide bonds. The minimum absolute atomic E-state index is 0.0114. The van der Waals surface area contributed by atoms with Crippen molar-refractivity contribution in [3.63, 3.8) is 0 Å². The molecule has 3 aliphatic heterocycles. The lowest BCUT2D eigenvalue weighted by Gasteiger charge is -2.47. The summed E-state index contributed by atoms with van der Waals surface area (Å²) < 4.78 is 51.1. The van der Waals surface area contributed by atoms with Crippen LogP contribution in [0.1, 0.15) is 154 Å². The number of Topliss-reactive ketones (excluding diaryl/α,β-unsaturated/α-hetero) is 1. The van der Waals surface area contributed by atoms with Crippen molar-refractivity contribution >= 4 is 40.3 Å². The van der Waals surface area contributed by atoms with Crippen molar-refractivity contribution in [1.82, 2.24) is 4.90 Å². The lowest BCUT2D eigenvalue weighted by Crippen LogP contribution is -2.64. The number of ether oxygens (including phenoxy) is 6. The van der Waals surface area contributed by atoms with Crippen molar-refractivity contribution in [2.45, 2.75) is 238 Å². The molecule has 14 nitrogen and oxygen atoms in total. The smallest absolute Gasteiger partial charge is 0.329 e. The van der Waals surface area contributed by atoms with Gasteiger partial charge in [-0.1, -0.05) is 87.0 Å². The van der Waals surface area contributed by atoms with Gasteiger partial charge in [0.05, 0.1) is 43.7 Å². The Morgan fingerprint density at radius 2 is 1.45 bits per heavy atom. The number of allylic oxidation sites excluding steroid dienone is 4. The van der Waals surface area contributed by atoms with Crippen molar-refractivity contribution in [2.24, 2.45) is 35.5 Å². The van der Waals surface area contributed by atoms with Gasteiger partial charge in [-0.3, -0.25) is 14.4 Å². The quantitative estimate of drug-likeness (QED) is 0.0850. The topological polar surface area (TPSA) is 166 Å². The number of rotatable bonds is 12. The predicted molar refractivity (Wildman–Crippen MR) is 295 cm³/mol. The third-order valence-corrected chi connectivity index (χ3v) is 26.8. The van der Waals surface area contributed by atoms with Crippen LogP contribution in [0.4, 0.5) is 0 Å². The second kappa shape index (κ2) is 26.3. The Balaban J connectivity index is 1.97. The molecule has 0 aromatic rings. The maximum atomic E-state index is 15.1. The molecule has 74 heavy (non-hydrogen) atoms. The number of cyclic esters (lactones) is 1. The summed E-state index contributed by atoms with van der Waals surface area (Å²) in [6, 6.07) is -1.13. The van der Waals surface area contributed by atoms with Gasteiger partial charge in [-0.2, -0.15) is 0 Å². The summed E-state index contributed by atoms with van der Waals surface area (Å²) in [5.74, 6) is -6.87. The van der Waals surface area contributed by atoms with Crippen LogP contribution in [0.3, 0.4) is 0 Å². The number of hydrogen-bond acceptors (Lipinski definition) is 13. The molecule has 1 N–H and O–H groups in total. The molecule has 4 aliphatic rings. The number of methoxy groups -OCH3 is 4. The Labute approximate surface area is 449 Å². The number of fused-ring (bicyclic) bond motifs is 3. The third-order valence-electron chi connectivity index (χ3n) is 17.9. The largest absolute Gasteiger partial charge is 0.546 e. The van der Waals surface area contributed by atoms with Crippen molar-refractivity contribution in [2.75, 3.05) is 35.0 Å². The highest BCUT2D eigenvalue weighted by atomic mass is 28.4. The van der Waals surface area contributed by atoms with Crippen molar-refractivity contribution in [3.8, 4) is 0 Å². The number of nitrogens with zero attached hydrogens (tertiary/aromatic N) is 1. The standard InChI is InChI=1S/C58H101NO13Si2/c1-21-42-29-36(2)28-37(3)30-48(66-14)52-49(67-15)32-39(5)58(64,70-52)53(61)54(62)59-27-23-22-24-44(59)55(63)69-51(40(6)43(35-50(60)68-16)34-46(42)72-74(19,20)57(10,11)12)38(4)31-41-25-26-45(47(33-41)65-13)71-73(17,18)56(7,8)9/h29,31,34,37,39-45,47-49,51-52,64H,21-28,30,32-33,35H2,1-20H3/b36-29+,38-31+,46-34?/t37-,39+,40+,41-,42+,43?,44-,45+,47+,48-,49-,51+,52+,58+/m0/s1. The van der Waals surface area contributed by atoms with Gasteiger partial charge in [0.2, 0.25) is 14.1 Å². The fourth-order valence-corrected chi connectivity index (χ4v) is 13.6. The number of esters is 2. The van der Waals surface area contributed by atoms with E-state index in [1.807, 2.05) is 13.8 Å². The van der Waals surface area contributed by atoms with E-state index in [9.17, 15) is 19.5 Å². The van der Waals surface area contributed by atoms with Gasteiger partial charge in [0.25, 0.3) is 11.7 Å². The minimum Gasteiger partial charge on any atom is -0.546 e. The monoisotopic (exact) mass is 1080 g/mol. The zero-order valence-electron chi connectivity index (χ0n) is 49.5. The maximum Gasteiger partial charge on any atom is 0.329 e. The zero-order chi connectivity index (χ0) is 55.9. The van der Waals surface area contributed by atoms with Crippen LogP contribution >= 0.6 is 0 Å². The number of carbonyl (C=O) groups excluding carboxylic acids is 4. The van der Waals surface area contributed by atoms with E-state index in [2.05, 4.69) is 107 Å². The highest BCUT2D eigenvalue weighted by molar-refractivity contribution is 6.74. The van der Waals surface area contributed by atoms with Crippen LogP contribution in [0, 0.1) is 35.5 Å². The molecular formula is C58H101NO13Si2. The highest BCUT2D eigenvalue weighted by Gasteiger charge is 2.57. The van der Waals surface area contributed by atoms with Crippen molar-refractivity contribution < 1.29 is 61.6 Å². The molecule has 1 saturated carbocycles. The van der Waals surface area contributed by atoms with E-state index in [4.69, 9.17) is 37.3 Å². The van der Waals surface area contributed by atoms with E-state index in [-0.39, 0.29) is 65.8 Å². The van der Waals surface area contributed by atoms with E-state index in [1.54, 1.807) is 28.3 Å². The number of hydrogen-bond donors (Lipinski definition) is 1. The van der Waals surface area contributed by atoms with Gasteiger partial charge in [0, 0.05) is 45.6 Å². The van der Waals surface area contributed by atoms with Crippen molar-refractivity contribution in [1.29, 1.82) is 0 Å². The molecule has 2 saturated heterocycles. The van der Waals surface area contributed by atoms with Gasteiger partial charge in [-0.15, -0.1) is 0 Å². The normalized spacial score (nSPS) is 35.1. The summed E-state index contributed by atoms with van der Waals surface area (Å²) in [7, 11) is 1.68. The molecule has 2 bridgehead atoms. The number of aliphatic hydroxyl groups is 1. The molecule has 16 heteroatoms. The lowest BCUT2D eigenvalue weighted by atomic mass is 9.79. The Morgan fingerprint density at radius 3 is 2.01 bits per heavy atom. The second-order valence-corrected chi connectivity index (χ2v) is 35.1. The van der Waals surface area contributed by atoms with E-state index in [0.717, 1.165) is 29.7 Å². The summed E-state index contributed by atoms with van der Waals surface area (Å²) >= 11 is 0. The first-order valence-electron chi connectivity index (χ1n) is 27.8. The van der Waals surface area contributed by atoms with Crippen LogP contribution in [0.5, 0.6) is 0 Å². The predicted octanol–water partition coefficient (Wildman–Crippen LogP) is 11.3. The number of piperidine rings is 1. The van der Waals surface area contributed by atoms with E-state index in [0.29, 0.717) is 38.5 Å². The van der Waals surface area contributed by atoms with Crippen LogP contribution in [-0.2, 0) is 56.5 Å². The summed E-state index contributed by atoms with van der Waals surface area (Å²) in [6.07, 6.45) is 9.35. The minimum atomic E-state index is -2.51. The molecular weight excluding hydrogens is 975 g/mol. The molecule has 1 unspecified atom stereocenters. The average molecular weight is 1080 g/mol. The lowest BCUT2D eigenvalue weighted by molar-refractivity contribution is -0.302. The van der Waals surface area contributed by atoms with Gasteiger partial charge in [0.15, 0.2) is 8.32 Å². The van der Waals surface area contributed by atoms with Gasteiger partial charge < -0.3 is 47.3 Å². The first-order valence-corrected chi connectivity index (χ1v) is 33.7. The highest BCUT2D eigenvalue weighted by Crippen LogP contribution is 2.44. The first-order chi connectivity index (χ1) is 34.3. The van der Waals surface area contributed by atoms with Gasteiger partial charge in [-0.25, -0.2) is 4.79 Å². The molecule has 1 aliphatic carbocycles. The average Bonchev–Trinajstić information content (AvgIpc) is 3.32. The van der Waals surface area contributed by atoms with E-state index in [1.165, 1.54) is 12.0 Å². The van der Waals surface area contributed by atoms with E-state index >= 15 is 4.79 Å². The first kappa shape index (κ1) is 63.8. The van der Waals surface area contributed by atoms with Crippen LogP contribution in [0.2, 0.25) is 36.3 Å². The number of amides is 1. The fraction of sp³-hybridized carbons (Fsp3) is 0.828.